The average Bonchev–Trinajstić information content (AvgIpc) is 3.26. The van der Waals surface area contributed by atoms with Crippen LogP contribution < -0.4 is 4.74 Å². The van der Waals surface area contributed by atoms with Gasteiger partial charge in [0.05, 0.1) is 21.7 Å². The van der Waals surface area contributed by atoms with Gasteiger partial charge in [-0.3, -0.25) is 14.6 Å². The highest BCUT2D eigenvalue weighted by molar-refractivity contribution is 7.98. The van der Waals surface area contributed by atoms with E-state index in [0.717, 1.165) is 36.1 Å². The van der Waals surface area contributed by atoms with Crippen LogP contribution in [0.4, 0.5) is 0 Å². The summed E-state index contributed by atoms with van der Waals surface area (Å²) in [5.41, 5.74) is 2.13. The Morgan fingerprint density at radius 3 is 2.56 bits per heavy atom. The molecule has 2 aromatic rings. The molecule has 1 aliphatic carbocycles. The lowest BCUT2D eigenvalue weighted by atomic mass is 10.0. The summed E-state index contributed by atoms with van der Waals surface area (Å²) in [7, 11) is 0. The highest BCUT2D eigenvalue weighted by atomic mass is 35.5. The Balaban J connectivity index is 1.51. The van der Waals surface area contributed by atoms with Crippen molar-refractivity contribution in [3.05, 3.63) is 39.3 Å². The number of aromatic nitrogens is 3. The molecule has 2 aromatic heterocycles. The van der Waals surface area contributed by atoms with E-state index < -0.39 is 5.60 Å². The van der Waals surface area contributed by atoms with Crippen LogP contribution in [0.5, 0.6) is 5.88 Å². The number of hydrogen-bond donors (Lipinski definition) is 0. The second kappa shape index (κ2) is 12.9. The van der Waals surface area contributed by atoms with Crippen LogP contribution in [-0.2, 0) is 37.7 Å². The molecule has 0 saturated carbocycles. The number of carbonyl (C=O) groups is 2. The molecule has 1 unspecified atom stereocenters. The predicted octanol–water partition coefficient (Wildman–Crippen LogP) is 5.99. The van der Waals surface area contributed by atoms with E-state index in [2.05, 4.69) is 15.0 Å². The lowest BCUT2D eigenvalue weighted by Crippen LogP contribution is -2.24. The number of hydrogen-bond acceptors (Lipinski definition) is 9. The van der Waals surface area contributed by atoms with Gasteiger partial charge >= 0.3 is 11.9 Å². The molecule has 0 spiro atoms. The lowest BCUT2D eigenvalue weighted by Gasteiger charge is -2.19. The van der Waals surface area contributed by atoms with E-state index in [0.29, 0.717) is 39.7 Å². The van der Waals surface area contributed by atoms with Crippen molar-refractivity contribution in [3.8, 4) is 5.88 Å². The largest absolute Gasteiger partial charge is 0.460 e. The fourth-order valence-electron chi connectivity index (χ4n) is 3.62. The summed E-state index contributed by atoms with van der Waals surface area (Å²) in [5.74, 6) is -0.119. The first-order chi connectivity index (χ1) is 17.0. The SMILES string of the molecule is CC(CCCC(=O)OC(C)(C)C)C(=O)OCOc1nc(SCc2c(Cl)cncc2Cl)nc2c1CCC2. The molecule has 0 radical (unpaired) electrons. The van der Waals surface area contributed by atoms with Crippen LogP contribution in [0.15, 0.2) is 17.6 Å². The van der Waals surface area contributed by atoms with E-state index in [1.165, 1.54) is 11.8 Å². The van der Waals surface area contributed by atoms with E-state index in [1.54, 1.807) is 19.3 Å². The molecule has 0 bridgehead atoms. The second-order valence-electron chi connectivity index (χ2n) is 9.57. The van der Waals surface area contributed by atoms with Gasteiger partial charge in [-0.2, -0.15) is 4.98 Å². The molecule has 11 heteroatoms. The van der Waals surface area contributed by atoms with Crippen molar-refractivity contribution in [1.29, 1.82) is 0 Å². The molecule has 2 heterocycles. The monoisotopic (exact) mass is 555 g/mol. The molecular weight excluding hydrogens is 525 g/mol. The minimum absolute atomic E-state index is 0.245. The number of carbonyl (C=O) groups excluding carboxylic acids is 2. The highest BCUT2D eigenvalue weighted by Crippen LogP contribution is 2.33. The van der Waals surface area contributed by atoms with Gasteiger partial charge in [0.15, 0.2) is 5.16 Å². The van der Waals surface area contributed by atoms with Crippen LogP contribution in [0.25, 0.3) is 0 Å². The van der Waals surface area contributed by atoms with Gasteiger partial charge in [0.1, 0.15) is 5.60 Å². The molecule has 196 valence electrons. The number of fused-ring (bicyclic) bond motifs is 1. The Labute approximate surface area is 225 Å². The third kappa shape index (κ3) is 8.49. The number of halogens is 2. The summed E-state index contributed by atoms with van der Waals surface area (Å²) in [6.07, 6.45) is 7.03. The van der Waals surface area contributed by atoms with Crippen molar-refractivity contribution >= 4 is 46.9 Å². The molecule has 8 nitrogen and oxygen atoms in total. The molecule has 3 rings (SSSR count). The molecule has 36 heavy (non-hydrogen) atoms. The number of ether oxygens (including phenoxy) is 3. The van der Waals surface area contributed by atoms with Crippen molar-refractivity contribution in [2.45, 2.75) is 82.7 Å². The summed E-state index contributed by atoms with van der Waals surface area (Å²) < 4.78 is 16.4. The van der Waals surface area contributed by atoms with Gasteiger partial charge in [0, 0.05) is 35.7 Å². The van der Waals surface area contributed by atoms with Crippen LogP contribution in [-0.4, -0.2) is 39.3 Å². The quantitative estimate of drug-likeness (QED) is 0.143. The molecular formula is C25H31Cl2N3O5S. The maximum absolute atomic E-state index is 12.4. The molecule has 0 aromatic carbocycles. The Hall–Kier alpha value is -2.10. The van der Waals surface area contributed by atoms with Gasteiger partial charge in [-0.1, -0.05) is 41.9 Å². The Kier molecular flexibility index (Phi) is 10.2. The van der Waals surface area contributed by atoms with Gasteiger partial charge in [0.25, 0.3) is 0 Å². The third-order valence-corrected chi connectivity index (χ3v) is 6.94. The number of aryl methyl sites for hydroxylation is 1. The zero-order chi connectivity index (χ0) is 26.3. The smallest absolute Gasteiger partial charge is 0.311 e. The molecule has 0 fully saturated rings. The lowest BCUT2D eigenvalue weighted by molar-refractivity contribution is -0.157. The highest BCUT2D eigenvalue weighted by Gasteiger charge is 2.22. The zero-order valence-electron chi connectivity index (χ0n) is 20.9. The number of nitrogens with zero attached hydrogens (tertiary/aromatic N) is 3. The summed E-state index contributed by atoms with van der Waals surface area (Å²) in [4.78, 5) is 37.4. The van der Waals surface area contributed by atoms with Gasteiger partial charge < -0.3 is 14.2 Å². The van der Waals surface area contributed by atoms with E-state index in [1.807, 2.05) is 20.8 Å². The Morgan fingerprint density at radius 2 is 1.86 bits per heavy atom. The van der Waals surface area contributed by atoms with Gasteiger partial charge in [-0.25, -0.2) is 4.98 Å². The number of thioether (sulfide) groups is 1. The predicted molar refractivity (Wildman–Crippen MR) is 138 cm³/mol. The maximum Gasteiger partial charge on any atom is 0.311 e. The molecule has 1 aliphatic rings. The Bertz CT molecular complexity index is 1070. The average molecular weight is 557 g/mol. The van der Waals surface area contributed by atoms with Crippen LogP contribution in [0.2, 0.25) is 10.0 Å². The van der Waals surface area contributed by atoms with Crippen molar-refractivity contribution < 1.29 is 23.8 Å². The first-order valence-electron chi connectivity index (χ1n) is 11.8. The summed E-state index contributed by atoms with van der Waals surface area (Å²) >= 11 is 13.8. The van der Waals surface area contributed by atoms with Gasteiger partial charge in [-0.15, -0.1) is 0 Å². The maximum atomic E-state index is 12.4. The topological polar surface area (TPSA) is 101 Å². The van der Waals surface area contributed by atoms with Crippen LogP contribution in [0, 0.1) is 5.92 Å². The van der Waals surface area contributed by atoms with Gasteiger partial charge in [0.2, 0.25) is 12.7 Å². The van der Waals surface area contributed by atoms with Crippen LogP contribution >= 0.6 is 35.0 Å². The van der Waals surface area contributed by atoms with Crippen molar-refractivity contribution in [1.82, 2.24) is 15.0 Å². The second-order valence-corrected chi connectivity index (χ2v) is 11.3. The molecule has 0 amide bonds. The third-order valence-electron chi connectivity index (χ3n) is 5.41. The molecule has 1 atom stereocenters. The minimum atomic E-state index is -0.516. The summed E-state index contributed by atoms with van der Waals surface area (Å²) in [5, 5.41) is 1.51. The fourth-order valence-corrected chi connectivity index (χ4v) is 5.18. The van der Waals surface area contributed by atoms with Crippen LogP contribution in [0.1, 0.15) is 70.2 Å². The fraction of sp³-hybridized carbons (Fsp3) is 0.560. The first-order valence-corrected chi connectivity index (χ1v) is 13.6. The summed E-state index contributed by atoms with van der Waals surface area (Å²) in [6.45, 7) is 7.00. The van der Waals surface area contributed by atoms with E-state index in [-0.39, 0.29) is 31.1 Å². The number of rotatable bonds is 11. The van der Waals surface area contributed by atoms with E-state index in [9.17, 15) is 9.59 Å². The Morgan fingerprint density at radius 1 is 1.14 bits per heavy atom. The number of pyridine rings is 1. The number of esters is 2. The standard InChI is InChI=1S/C25H31Cl2N3O5S/c1-15(7-5-10-21(31)35-25(2,3)4)23(32)34-14-33-22-16-8-6-9-20(16)29-24(30-22)36-13-17-18(26)11-28-12-19(17)27/h11-12,15H,5-10,13-14H2,1-4H3. The minimum Gasteiger partial charge on any atom is -0.460 e. The van der Waals surface area contributed by atoms with E-state index >= 15 is 0 Å². The first kappa shape index (κ1) is 28.5. The van der Waals surface area contributed by atoms with Crippen molar-refractivity contribution in [2.24, 2.45) is 5.92 Å². The normalized spacial score (nSPS) is 13.7. The zero-order valence-corrected chi connectivity index (χ0v) is 23.3. The molecule has 0 saturated heterocycles. The van der Waals surface area contributed by atoms with Crippen molar-refractivity contribution in [2.75, 3.05) is 6.79 Å². The van der Waals surface area contributed by atoms with Crippen molar-refractivity contribution in [3.63, 3.8) is 0 Å². The van der Waals surface area contributed by atoms with Gasteiger partial charge in [-0.05, 0) is 52.9 Å². The summed E-state index contributed by atoms with van der Waals surface area (Å²) in [6, 6.07) is 0. The molecule has 0 aliphatic heterocycles. The van der Waals surface area contributed by atoms with Crippen LogP contribution in [0.3, 0.4) is 0 Å². The van der Waals surface area contributed by atoms with E-state index in [4.69, 9.17) is 37.4 Å². The molecule has 0 N–H and O–H groups in total.